The molecule has 0 radical (unpaired) electrons. The van der Waals surface area contributed by atoms with E-state index in [-0.39, 0.29) is 12.1 Å². The van der Waals surface area contributed by atoms with Crippen LogP contribution in [0.15, 0.2) is 24.3 Å². The van der Waals surface area contributed by atoms with Gasteiger partial charge in [0.15, 0.2) is 0 Å². The summed E-state index contributed by atoms with van der Waals surface area (Å²) < 4.78 is 5.34. The Labute approximate surface area is 152 Å². The van der Waals surface area contributed by atoms with Gasteiger partial charge in [-0.05, 0) is 65.4 Å². The summed E-state index contributed by atoms with van der Waals surface area (Å²) in [7, 11) is 0. The minimum Gasteiger partial charge on any atom is -0.444 e. The Kier molecular flexibility index (Phi) is 6.33. The van der Waals surface area contributed by atoms with E-state index in [1.54, 1.807) is 6.08 Å². The second kappa shape index (κ2) is 7.92. The largest absolute Gasteiger partial charge is 0.444 e. The van der Waals surface area contributed by atoms with Crippen molar-refractivity contribution in [3.8, 4) is 0 Å². The van der Waals surface area contributed by atoms with Gasteiger partial charge in [-0.1, -0.05) is 18.7 Å². The van der Waals surface area contributed by atoms with Crippen LogP contribution in [-0.2, 0) is 4.74 Å². The van der Waals surface area contributed by atoms with Gasteiger partial charge in [0.2, 0.25) is 0 Å². The molecule has 1 aliphatic heterocycles. The summed E-state index contributed by atoms with van der Waals surface area (Å²) in [6, 6.07) is 0.639. The first-order valence-electron chi connectivity index (χ1n) is 9.39. The summed E-state index contributed by atoms with van der Waals surface area (Å²) in [6.07, 6.45) is 7.82. The molecule has 25 heavy (non-hydrogen) atoms. The summed E-state index contributed by atoms with van der Waals surface area (Å²) in [4.78, 5) is 14.4. The maximum atomic E-state index is 11.9. The maximum absolute atomic E-state index is 11.9. The normalized spacial score (nSPS) is 31.6. The van der Waals surface area contributed by atoms with Gasteiger partial charge in [0.05, 0.1) is 5.60 Å². The molecule has 0 aromatic heterocycles. The van der Waals surface area contributed by atoms with Crippen molar-refractivity contribution in [1.82, 2.24) is 10.2 Å². The van der Waals surface area contributed by atoms with Gasteiger partial charge in [-0.2, -0.15) is 0 Å². The molecule has 1 saturated carbocycles. The van der Waals surface area contributed by atoms with Crippen LogP contribution in [-0.4, -0.2) is 52.5 Å². The third-order valence-electron chi connectivity index (χ3n) is 5.34. The van der Waals surface area contributed by atoms with Crippen molar-refractivity contribution in [2.45, 2.75) is 83.1 Å². The number of carbonyl (C=O) groups is 1. The molecule has 1 atom stereocenters. The number of hydrogen-bond donors (Lipinski definition) is 2. The number of rotatable bonds is 4. The van der Waals surface area contributed by atoms with Crippen LogP contribution in [0.25, 0.3) is 0 Å². The molecular weight excluding hydrogens is 316 g/mol. The fraction of sp³-hybridized carbons (Fsp3) is 0.750. The number of ether oxygens (including phenoxy) is 1. The van der Waals surface area contributed by atoms with Gasteiger partial charge in [-0.25, -0.2) is 4.79 Å². The number of nitrogens with one attached hydrogen (secondary N) is 1. The molecule has 142 valence electrons. The van der Waals surface area contributed by atoms with E-state index in [0.29, 0.717) is 6.04 Å². The topological polar surface area (TPSA) is 61.8 Å². The van der Waals surface area contributed by atoms with Crippen LogP contribution in [0.4, 0.5) is 4.79 Å². The summed E-state index contributed by atoms with van der Waals surface area (Å²) in [5.74, 6) is 0. The van der Waals surface area contributed by atoms with Crippen molar-refractivity contribution in [3.05, 3.63) is 24.3 Å². The first-order valence-corrected chi connectivity index (χ1v) is 9.39. The molecule has 5 heteroatoms. The van der Waals surface area contributed by atoms with Gasteiger partial charge >= 0.3 is 6.09 Å². The van der Waals surface area contributed by atoms with E-state index >= 15 is 0 Å². The minimum atomic E-state index is -0.682. The molecule has 2 N–H and O–H groups in total. The Bertz CT molecular complexity index is 514. The van der Waals surface area contributed by atoms with Crippen LogP contribution in [0.1, 0.15) is 59.8 Å². The van der Waals surface area contributed by atoms with Gasteiger partial charge in [-0.3, -0.25) is 4.90 Å². The van der Waals surface area contributed by atoms with E-state index in [1.807, 2.05) is 33.8 Å². The molecular formula is C20H34N2O3. The highest BCUT2D eigenvalue weighted by Crippen LogP contribution is 2.36. The summed E-state index contributed by atoms with van der Waals surface area (Å²) in [5.41, 5.74) is -0.141. The average molecular weight is 351 g/mol. The van der Waals surface area contributed by atoms with E-state index in [4.69, 9.17) is 4.74 Å². The highest BCUT2D eigenvalue weighted by atomic mass is 16.6. The second-order valence-electron chi connectivity index (χ2n) is 8.47. The van der Waals surface area contributed by atoms with E-state index in [1.165, 1.54) is 0 Å². The van der Waals surface area contributed by atoms with Gasteiger partial charge in [-0.15, -0.1) is 0 Å². The lowest BCUT2D eigenvalue weighted by Crippen LogP contribution is -2.45. The van der Waals surface area contributed by atoms with E-state index < -0.39 is 11.2 Å². The molecule has 2 rings (SSSR count). The van der Waals surface area contributed by atoms with Gasteiger partial charge < -0.3 is 15.2 Å². The fourth-order valence-electron chi connectivity index (χ4n) is 3.88. The smallest absolute Gasteiger partial charge is 0.407 e. The van der Waals surface area contributed by atoms with Crippen LogP contribution >= 0.6 is 0 Å². The van der Waals surface area contributed by atoms with E-state index in [9.17, 15) is 9.90 Å². The van der Waals surface area contributed by atoms with Crippen LogP contribution in [0.3, 0.4) is 0 Å². The lowest BCUT2D eigenvalue weighted by molar-refractivity contribution is 0.0126. The monoisotopic (exact) mass is 350 g/mol. The Morgan fingerprint density at radius 1 is 1.32 bits per heavy atom. The third-order valence-corrected chi connectivity index (χ3v) is 5.34. The molecule has 1 aliphatic carbocycles. The number of likely N-dealkylation sites (tertiary alicyclic amines) is 1. The van der Waals surface area contributed by atoms with Crippen molar-refractivity contribution in [3.63, 3.8) is 0 Å². The minimum absolute atomic E-state index is 0.151. The first-order chi connectivity index (χ1) is 11.6. The zero-order valence-electron chi connectivity index (χ0n) is 16.2. The molecule has 1 unspecified atom stereocenters. The van der Waals surface area contributed by atoms with E-state index in [0.717, 1.165) is 50.8 Å². The first kappa shape index (κ1) is 20.0. The van der Waals surface area contributed by atoms with Crippen molar-refractivity contribution >= 4 is 6.09 Å². The molecule has 0 aromatic rings. The molecule has 0 spiro atoms. The number of nitrogens with zero attached hydrogens (tertiary/aromatic N) is 1. The lowest BCUT2D eigenvalue weighted by atomic mass is 9.77. The predicted octanol–water partition coefficient (Wildman–Crippen LogP) is 3.39. The van der Waals surface area contributed by atoms with Gasteiger partial charge in [0.25, 0.3) is 0 Å². The third kappa shape index (κ3) is 5.58. The zero-order chi connectivity index (χ0) is 18.7. The Morgan fingerprint density at radius 2 is 1.96 bits per heavy atom. The maximum Gasteiger partial charge on any atom is 0.407 e. The number of amides is 1. The van der Waals surface area contributed by atoms with Gasteiger partial charge in [0.1, 0.15) is 5.60 Å². The summed E-state index contributed by atoms with van der Waals surface area (Å²) in [5, 5.41) is 13.8. The highest BCUT2D eigenvalue weighted by molar-refractivity contribution is 5.68. The van der Waals surface area contributed by atoms with Crippen LogP contribution < -0.4 is 5.32 Å². The van der Waals surface area contributed by atoms with Crippen LogP contribution in [0.5, 0.6) is 0 Å². The lowest BCUT2D eigenvalue weighted by Gasteiger charge is -2.40. The van der Waals surface area contributed by atoms with Crippen molar-refractivity contribution in [1.29, 1.82) is 0 Å². The Balaban J connectivity index is 1.81. The molecule has 1 saturated heterocycles. The molecule has 0 bridgehead atoms. The molecule has 2 fully saturated rings. The number of hydrogen-bond acceptors (Lipinski definition) is 4. The predicted molar refractivity (Wildman–Crippen MR) is 101 cm³/mol. The molecule has 1 amide bonds. The van der Waals surface area contributed by atoms with Crippen LogP contribution in [0.2, 0.25) is 0 Å². The summed E-state index contributed by atoms with van der Waals surface area (Å²) >= 11 is 0. The van der Waals surface area contributed by atoms with Crippen molar-refractivity contribution in [2.75, 3.05) is 13.1 Å². The quantitative estimate of drug-likeness (QED) is 0.763. The molecule has 5 nitrogen and oxygen atoms in total. The fourth-order valence-corrected chi connectivity index (χ4v) is 3.88. The highest BCUT2D eigenvalue weighted by Gasteiger charge is 2.38. The Morgan fingerprint density at radius 3 is 2.52 bits per heavy atom. The summed E-state index contributed by atoms with van der Waals surface area (Å²) in [6.45, 7) is 13.2. The molecule has 1 heterocycles. The van der Waals surface area contributed by atoms with Gasteiger partial charge in [0, 0.05) is 25.2 Å². The zero-order valence-corrected chi connectivity index (χ0v) is 16.2. The molecule has 2 aliphatic rings. The number of aliphatic hydroxyl groups is 1. The SMILES string of the molecule is C=C/C=C(\C)C1(O)CCC(N2CCC(NC(=O)OC(C)(C)C)C2)CC1. The number of carbonyl (C=O) groups excluding carboxylic acids is 1. The number of alkyl carbamates (subject to hydrolysis) is 1. The second-order valence-corrected chi connectivity index (χ2v) is 8.47. The average Bonchev–Trinajstić information content (AvgIpc) is 2.94. The van der Waals surface area contributed by atoms with E-state index in [2.05, 4.69) is 16.8 Å². The Hall–Kier alpha value is -1.33. The standard InChI is InChI=1S/C20H34N2O3/c1-6-7-15(2)20(24)11-8-17(9-12-20)22-13-10-16(14-22)21-18(23)25-19(3,4)5/h6-7,16-17,24H,1,8-14H2,2-5H3,(H,21,23)/b15-7+. The number of allylic oxidation sites excluding steroid dienone is 2. The van der Waals surface area contributed by atoms with Crippen molar-refractivity contribution < 1.29 is 14.6 Å². The van der Waals surface area contributed by atoms with Crippen molar-refractivity contribution in [2.24, 2.45) is 0 Å². The molecule has 0 aromatic carbocycles. The van der Waals surface area contributed by atoms with Crippen LogP contribution in [0, 0.1) is 0 Å².